The molecular weight excluding hydrogens is 228 g/mol. The first-order valence-corrected chi connectivity index (χ1v) is 7.23. The normalized spacial score (nSPS) is 28.8. The zero-order chi connectivity index (χ0) is 13.0. The van der Waals surface area contributed by atoms with Crippen molar-refractivity contribution in [1.29, 1.82) is 0 Å². The van der Waals surface area contributed by atoms with E-state index in [9.17, 15) is 0 Å². The minimum absolute atomic E-state index is 0.0856. The SMILES string of the molecule is Cc1nc2c(s1)CC(C(C)C)(C(C)(C)C)[C@@H]2N. The first-order chi connectivity index (χ1) is 7.70. The van der Waals surface area contributed by atoms with Crippen LogP contribution in [0.15, 0.2) is 0 Å². The second kappa shape index (κ2) is 3.79. The van der Waals surface area contributed by atoms with Crippen LogP contribution in [0.25, 0.3) is 0 Å². The van der Waals surface area contributed by atoms with Crippen molar-refractivity contribution in [1.82, 2.24) is 4.98 Å². The average Bonchev–Trinajstić information content (AvgIpc) is 2.62. The van der Waals surface area contributed by atoms with Gasteiger partial charge in [-0.25, -0.2) is 4.98 Å². The summed E-state index contributed by atoms with van der Waals surface area (Å²) in [6.07, 6.45) is 1.09. The Morgan fingerprint density at radius 2 is 2.00 bits per heavy atom. The van der Waals surface area contributed by atoms with Crippen LogP contribution in [0.2, 0.25) is 0 Å². The van der Waals surface area contributed by atoms with Crippen molar-refractivity contribution >= 4 is 11.3 Å². The molecule has 1 aliphatic carbocycles. The molecule has 96 valence electrons. The van der Waals surface area contributed by atoms with Crippen molar-refractivity contribution in [2.45, 2.75) is 54.0 Å². The van der Waals surface area contributed by atoms with Gasteiger partial charge in [-0.2, -0.15) is 0 Å². The van der Waals surface area contributed by atoms with Crippen LogP contribution < -0.4 is 5.73 Å². The van der Waals surface area contributed by atoms with Crippen molar-refractivity contribution in [3.05, 3.63) is 15.6 Å². The number of thiazole rings is 1. The molecule has 1 unspecified atom stereocenters. The molecular formula is C14H24N2S. The third-order valence-electron chi connectivity index (χ3n) is 4.56. The Kier molecular flexibility index (Phi) is 2.91. The standard InChI is InChI=1S/C14H24N2S/c1-8(2)14(13(4,5)6)7-10-11(12(14)15)16-9(3)17-10/h8,12H,7,15H2,1-6H3/t12-,14?/m1/s1. The maximum Gasteiger partial charge on any atom is 0.0900 e. The molecule has 17 heavy (non-hydrogen) atoms. The summed E-state index contributed by atoms with van der Waals surface area (Å²) in [5.74, 6) is 0.569. The summed E-state index contributed by atoms with van der Waals surface area (Å²) in [6, 6.07) is 0.0856. The Labute approximate surface area is 109 Å². The number of rotatable bonds is 1. The highest BCUT2D eigenvalue weighted by atomic mass is 32.1. The van der Waals surface area contributed by atoms with E-state index in [2.05, 4.69) is 46.5 Å². The molecule has 2 rings (SSSR count). The van der Waals surface area contributed by atoms with E-state index in [0.29, 0.717) is 5.92 Å². The van der Waals surface area contributed by atoms with Crippen molar-refractivity contribution in [3.63, 3.8) is 0 Å². The van der Waals surface area contributed by atoms with E-state index in [1.807, 2.05) is 11.3 Å². The molecule has 0 amide bonds. The number of aromatic nitrogens is 1. The van der Waals surface area contributed by atoms with E-state index in [1.54, 1.807) is 0 Å². The topological polar surface area (TPSA) is 38.9 Å². The molecule has 3 heteroatoms. The van der Waals surface area contributed by atoms with Gasteiger partial charge in [0.1, 0.15) is 0 Å². The highest BCUT2D eigenvalue weighted by Crippen LogP contribution is 2.59. The molecule has 2 N–H and O–H groups in total. The van der Waals surface area contributed by atoms with Gasteiger partial charge in [-0.05, 0) is 24.7 Å². The van der Waals surface area contributed by atoms with Crippen LogP contribution >= 0.6 is 11.3 Å². The Hall–Kier alpha value is -0.410. The third-order valence-corrected chi connectivity index (χ3v) is 5.55. The molecule has 0 fully saturated rings. The van der Waals surface area contributed by atoms with Crippen molar-refractivity contribution in [2.75, 3.05) is 0 Å². The number of hydrogen-bond donors (Lipinski definition) is 1. The zero-order valence-electron chi connectivity index (χ0n) is 11.8. The lowest BCUT2D eigenvalue weighted by Crippen LogP contribution is -2.47. The molecule has 2 nitrogen and oxygen atoms in total. The third kappa shape index (κ3) is 1.66. The second-order valence-corrected chi connectivity index (χ2v) is 7.93. The van der Waals surface area contributed by atoms with Crippen LogP contribution in [0, 0.1) is 23.7 Å². The fraction of sp³-hybridized carbons (Fsp3) is 0.786. The maximum absolute atomic E-state index is 6.57. The highest BCUT2D eigenvalue weighted by Gasteiger charge is 2.55. The van der Waals surface area contributed by atoms with Gasteiger partial charge in [0, 0.05) is 10.3 Å². The lowest BCUT2D eigenvalue weighted by atomic mass is 9.57. The van der Waals surface area contributed by atoms with E-state index >= 15 is 0 Å². The summed E-state index contributed by atoms with van der Waals surface area (Å²) in [4.78, 5) is 6.07. The molecule has 1 heterocycles. The van der Waals surface area contributed by atoms with Gasteiger partial charge >= 0.3 is 0 Å². The summed E-state index contributed by atoms with van der Waals surface area (Å²) in [5, 5.41) is 1.15. The van der Waals surface area contributed by atoms with Gasteiger partial charge in [0.2, 0.25) is 0 Å². The summed E-state index contributed by atoms with van der Waals surface area (Å²) < 4.78 is 0. The lowest BCUT2D eigenvalue weighted by molar-refractivity contribution is 0.0133. The molecule has 0 saturated carbocycles. The van der Waals surface area contributed by atoms with Gasteiger partial charge in [0.15, 0.2) is 0 Å². The first-order valence-electron chi connectivity index (χ1n) is 6.42. The van der Waals surface area contributed by atoms with Crippen LogP contribution in [0.3, 0.4) is 0 Å². The Morgan fingerprint density at radius 1 is 1.41 bits per heavy atom. The number of nitrogens with two attached hydrogens (primary N) is 1. The van der Waals surface area contributed by atoms with Crippen molar-refractivity contribution < 1.29 is 0 Å². The minimum Gasteiger partial charge on any atom is -0.322 e. The molecule has 0 aliphatic heterocycles. The second-order valence-electron chi connectivity index (χ2n) is 6.64. The largest absolute Gasteiger partial charge is 0.322 e. The zero-order valence-corrected chi connectivity index (χ0v) is 12.6. The van der Waals surface area contributed by atoms with E-state index in [4.69, 9.17) is 5.73 Å². The van der Waals surface area contributed by atoms with Crippen LogP contribution in [0.1, 0.15) is 56.2 Å². The van der Waals surface area contributed by atoms with E-state index < -0.39 is 0 Å². The van der Waals surface area contributed by atoms with Crippen LogP contribution in [0.5, 0.6) is 0 Å². The predicted octanol–water partition coefficient (Wildman–Crippen LogP) is 3.70. The number of hydrogen-bond acceptors (Lipinski definition) is 3. The fourth-order valence-corrected chi connectivity index (χ4v) is 4.72. The van der Waals surface area contributed by atoms with Gasteiger partial charge < -0.3 is 5.73 Å². The quantitative estimate of drug-likeness (QED) is 0.827. The van der Waals surface area contributed by atoms with Crippen LogP contribution in [-0.4, -0.2) is 4.98 Å². The molecule has 0 bridgehead atoms. The summed E-state index contributed by atoms with van der Waals surface area (Å²) in [6.45, 7) is 13.6. The maximum atomic E-state index is 6.57. The van der Waals surface area contributed by atoms with E-state index in [1.165, 1.54) is 4.88 Å². The molecule has 0 aromatic carbocycles. The lowest BCUT2D eigenvalue weighted by Gasteiger charge is -2.48. The van der Waals surface area contributed by atoms with Gasteiger partial charge in [0.25, 0.3) is 0 Å². The van der Waals surface area contributed by atoms with Gasteiger partial charge in [-0.1, -0.05) is 34.6 Å². The fourth-order valence-electron chi connectivity index (χ4n) is 3.64. The molecule has 0 radical (unpaired) electrons. The number of aryl methyl sites for hydroxylation is 1. The van der Waals surface area contributed by atoms with Gasteiger partial charge in [-0.3, -0.25) is 0 Å². The van der Waals surface area contributed by atoms with E-state index in [0.717, 1.165) is 17.1 Å². The van der Waals surface area contributed by atoms with Crippen molar-refractivity contribution in [3.8, 4) is 0 Å². The highest BCUT2D eigenvalue weighted by molar-refractivity contribution is 7.11. The van der Waals surface area contributed by atoms with Crippen LogP contribution in [0.4, 0.5) is 0 Å². The van der Waals surface area contributed by atoms with E-state index in [-0.39, 0.29) is 16.9 Å². The predicted molar refractivity (Wildman–Crippen MR) is 74.2 cm³/mol. The van der Waals surface area contributed by atoms with Crippen LogP contribution in [-0.2, 0) is 6.42 Å². The van der Waals surface area contributed by atoms with Crippen molar-refractivity contribution in [2.24, 2.45) is 22.5 Å². The molecule has 0 spiro atoms. The number of fused-ring (bicyclic) bond motifs is 1. The molecule has 1 aliphatic rings. The minimum atomic E-state index is 0.0856. The summed E-state index contributed by atoms with van der Waals surface area (Å²) in [5.41, 5.74) is 8.08. The molecule has 1 aromatic heterocycles. The average molecular weight is 252 g/mol. The smallest absolute Gasteiger partial charge is 0.0900 e. The molecule has 1 aromatic rings. The molecule has 2 atom stereocenters. The van der Waals surface area contributed by atoms with Gasteiger partial charge in [-0.15, -0.1) is 11.3 Å². The Balaban J connectivity index is 2.51. The monoisotopic (exact) mass is 252 g/mol. The van der Waals surface area contributed by atoms with Gasteiger partial charge in [0.05, 0.1) is 16.7 Å². The Morgan fingerprint density at radius 3 is 2.41 bits per heavy atom. The first kappa shape index (κ1) is 13.0. The molecule has 0 saturated heterocycles. The number of nitrogens with zero attached hydrogens (tertiary/aromatic N) is 1. The summed E-state index contributed by atoms with van der Waals surface area (Å²) >= 11 is 1.83. The summed E-state index contributed by atoms with van der Waals surface area (Å²) in [7, 11) is 0. The Bertz CT molecular complexity index is 428.